The van der Waals surface area contributed by atoms with Gasteiger partial charge in [0.1, 0.15) is 0 Å². The minimum absolute atomic E-state index is 0.00750. The molecule has 3 aromatic rings. The zero-order valence-corrected chi connectivity index (χ0v) is 14.5. The Kier molecular flexibility index (Phi) is 4.44. The topological polar surface area (TPSA) is 101 Å². The van der Waals surface area contributed by atoms with Crippen molar-refractivity contribution in [2.24, 2.45) is 0 Å². The second-order valence-electron chi connectivity index (χ2n) is 6.08. The van der Waals surface area contributed by atoms with Gasteiger partial charge in [-0.05, 0) is 30.5 Å². The maximum atomic E-state index is 12.5. The Morgan fingerprint density at radius 3 is 2.92 bits per heavy atom. The minimum atomic E-state index is -0.444. The van der Waals surface area contributed by atoms with Gasteiger partial charge in [-0.2, -0.15) is 0 Å². The lowest BCUT2D eigenvalue weighted by atomic mass is 10.1. The Morgan fingerprint density at radius 2 is 2.19 bits per heavy atom. The Morgan fingerprint density at radius 1 is 1.38 bits per heavy atom. The molecule has 4 rings (SSSR count). The summed E-state index contributed by atoms with van der Waals surface area (Å²) in [6.45, 7) is 1.10. The molecule has 134 valence electrons. The molecule has 2 N–H and O–H groups in total. The number of carbonyl (C=O) groups excluding carboxylic acids is 1. The van der Waals surface area contributed by atoms with E-state index in [4.69, 9.17) is 16.3 Å². The van der Waals surface area contributed by atoms with Gasteiger partial charge in [0.2, 0.25) is 0 Å². The number of aromatic nitrogens is 4. The molecule has 1 fully saturated rings. The van der Waals surface area contributed by atoms with E-state index in [1.165, 1.54) is 4.52 Å². The first-order valence-electron chi connectivity index (χ1n) is 8.26. The number of amides is 1. The number of ether oxygens (including phenoxy) is 1. The second-order valence-corrected chi connectivity index (χ2v) is 6.52. The van der Waals surface area contributed by atoms with Crippen LogP contribution in [0.25, 0.3) is 16.8 Å². The van der Waals surface area contributed by atoms with E-state index < -0.39 is 11.5 Å². The van der Waals surface area contributed by atoms with Crippen molar-refractivity contribution in [1.29, 1.82) is 0 Å². The fraction of sp³-hybridized carbons (Fsp3) is 0.294. The van der Waals surface area contributed by atoms with Crippen molar-refractivity contribution in [3.63, 3.8) is 0 Å². The van der Waals surface area contributed by atoms with Crippen molar-refractivity contribution in [3.05, 3.63) is 51.5 Å². The van der Waals surface area contributed by atoms with Crippen LogP contribution < -0.4 is 10.9 Å². The van der Waals surface area contributed by atoms with Crippen molar-refractivity contribution in [1.82, 2.24) is 25.1 Å². The van der Waals surface area contributed by atoms with E-state index in [-0.39, 0.29) is 17.3 Å². The van der Waals surface area contributed by atoms with Crippen molar-refractivity contribution in [2.45, 2.75) is 18.9 Å². The lowest BCUT2D eigenvalue weighted by Crippen LogP contribution is -2.32. The summed E-state index contributed by atoms with van der Waals surface area (Å²) < 4.78 is 6.78. The number of carbonyl (C=O) groups is 1. The van der Waals surface area contributed by atoms with E-state index in [1.54, 1.807) is 30.5 Å². The van der Waals surface area contributed by atoms with Crippen LogP contribution in [0.15, 0.2) is 35.3 Å². The van der Waals surface area contributed by atoms with Crippen LogP contribution in [-0.4, -0.2) is 45.0 Å². The van der Waals surface area contributed by atoms with Gasteiger partial charge < -0.3 is 15.0 Å². The average molecular weight is 374 g/mol. The number of nitrogens with zero attached hydrogens (tertiary/aromatic N) is 3. The van der Waals surface area contributed by atoms with Crippen molar-refractivity contribution < 1.29 is 9.53 Å². The van der Waals surface area contributed by atoms with Gasteiger partial charge in [0, 0.05) is 18.2 Å². The highest BCUT2D eigenvalue weighted by Gasteiger charge is 2.21. The van der Waals surface area contributed by atoms with Crippen molar-refractivity contribution in [2.75, 3.05) is 13.2 Å². The highest BCUT2D eigenvalue weighted by molar-refractivity contribution is 6.30. The highest BCUT2D eigenvalue weighted by atomic mass is 35.5. The highest BCUT2D eigenvalue weighted by Crippen LogP contribution is 2.19. The molecule has 3 heterocycles. The van der Waals surface area contributed by atoms with Gasteiger partial charge in [0.25, 0.3) is 11.5 Å². The molecule has 0 bridgehead atoms. The Bertz CT molecular complexity index is 1010. The number of halogens is 1. The molecule has 26 heavy (non-hydrogen) atoms. The van der Waals surface area contributed by atoms with Gasteiger partial charge in [0.05, 0.1) is 18.0 Å². The SMILES string of the molecule is O=C(NC[C@@H]1CCCO1)c1nnn2cc(-c3ccc(Cl)cc3)[nH]c(=O)c12. The fourth-order valence-electron chi connectivity index (χ4n) is 2.96. The first-order valence-corrected chi connectivity index (χ1v) is 8.64. The monoisotopic (exact) mass is 373 g/mol. The Balaban J connectivity index is 1.62. The van der Waals surface area contributed by atoms with Gasteiger partial charge in [-0.15, -0.1) is 5.10 Å². The van der Waals surface area contributed by atoms with Crippen molar-refractivity contribution in [3.8, 4) is 11.3 Å². The first kappa shape index (κ1) is 16.7. The molecule has 0 aliphatic carbocycles. The largest absolute Gasteiger partial charge is 0.376 e. The average Bonchev–Trinajstić information content (AvgIpc) is 3.30. The van der Waals surface area contributed by atoms with Gasteiger partial charge in [-0.1, -0.05) is 28.9 Å². The molecule has 1 amide bonds. The van der Waals surface area contributed by atoms with E-state index in [9.17, 15) is 9.59 Å². The third-order valence-electron chi connectivity index (χ3n) is 4.29. The molecule has 1 atom stereocenters. The lowest BCUT2D eigenvalue weighted by molar-refractivity contribution is 0.0855. The molecule has 2 aromatic heterocycles. The van der Waals surface area contributed by atoms with Crippen LogP contribution in [0, 0.1) is 0 Å². The van der Waals surface area contributed by atoms with Crippen molar-refractivity contribution >= 4 is 23.0 Å². The predicted octanol–water partition coefficient (Wildman–Crippen LogP) is 1.65. The summed E-state index contributed by atoms with van der Waals surface area (Å²) in [7, 11) is 0. The maximum Gasteiger partial charge on any atom is 0.276 e. The molecule has 0 saturated carbocycles. The number of hydrogen-bond donors (Lipinski definition) is 2. The molecule has 8 nitrogen and oxygen atoms in total. The molecule has 9 heteroatoms. The van der Waals surface area contributed by atoms with E-state index >= 15 is 0 Å². The number of H-pyrrole nitrogens is 1. The lowest BCUT2D eigenvalue weighted by Gasteiger charge is -2.09. The molecule has 0 radical (unpaired) electrons. The van der Waals surface area contributed by atoms with Gasteiger partial charge in [-0.3, -0.25) is 9.59 Å². The van der Waals surface area contributed by atoms with Crippen LogP contribution in [0.2, 0.25) is 5.02 Å². The fourth-order valence-corrected chi connectivity index (χ4v) is 3.08. The number of rotatable bonds is 4. The number of nitrogens with one attached hydrogen (secondary N) is 2. The summed E-state index contributed by atoms with van der Waals surface area (Å²) in [6.07, 6.45) is 3.52. The summed E-state index contributed by atoms with van der Waals surface area (Å²) in [5.41, 5.74) is 0.979. The molecular weight excluding hydrogens is 358 g/mol. The van der Waals surface area contributed by atoms with Crippen LogP contribution >= 0.6 is 11.6 Å². The molecular formula is C17H16ClN5O3. The summed E-state index contributed by atoms with van der Waals surface area (Å²) >= 11 is 5.89. The third-order valence-corrected chi connectivity index (χ3v) is 4.55. The molecule has 1 aromatic carbocycles. The second kappa shape index (κ2) is 6.89. The summed E-state index contributed by atoms with van der Waals surface area (Å²) in [6, 6.07) is 7.02. The molecule has 1 saturated heterocycles. The van der Waals surface area contributed by atoms with Gasteiger partial charge in [-0.25, -0.2) is 4.52 Å². The molecule has 1 aliphatic rings. The van der Waals surface area contributed by atoms with Crippen LogP contribution in [-0.2, 0) is 4.74 Å². The smallest absolute Gasteiger partial charge is 0.276 e. The predicted molar refractivity (Wildman–Crippen MR) is 95.4 cm³/mol. The number of aromatic amines is 1. The number of fused-ring (bicyclic) bond motifs is 1. The quantitative estimate of drug-likeness (QED) is 0.724. The van der Waals surface area contributed by atoms with Crippen LogP contribution in [0.3, 0.4) is 0 Å². The van der Waals surface area contributed by atoms with Crippen LogP contribution in [0.4, 0.5) is 0 Å². The third kappa shape index (κ3) is 3.21. The summed E-state index contributed by atoms with van der Waals surface area (Å²) in [4.78, 5) is 27.6. The number of benzene rings is 1. The van der Waals surface area contributed by atoms with E-state index in [1.807, 2.05) is 0 Å². The van der Waals surface area contributed by atoms with Gasteiger partial charge >= 0.3 is 0 Å². The van der Waals surface area contributed by atoms with Crippen LogP contribution in [0.5, 0.6) is 0 Å². The Hall–Kier alpha value is -2.71. The van der Waals surface area contributed by atoms with E-state index in [2.05, 4.69) is 20.6 Å². The van der Waals surface area contributed by atoms with Crippen LogP contribution in [0.1, 0.15) is 23.3 Å². The maximum absolute atomic E-state index is 12.5. The normalized spacial score (nSPS) is 16.9. The zero-order chi connectivity index (χ0) is 18.1. The molecule has 1 aliphatic heterocycles. The summed E-state index contributed by atoms with van der Waals surface area (Å²) in [5.74, 6) is -0.444. The summed E-state index contributed by atoms with van der Waals surface area (Å²) in [5, 5.41) is 11.1. The minimum Gasteiger partial charge on any atom is -0.376 e. The molecule has 0 unspecified atom stereocenters. The first-order chi connectivity index (χ1) is 12.6. The zero-order valence-electron chi connectivity index (χ0n) is 13.7. The van der Waals surface area contributed by atoms with Gasteiger partial charge in [0.15, 0.2) is 11.2 Å². The standard InChI is InChI=1S/C17H16ClN5O3/c18-11-5-3-10(4-6-11)13-9-23-15(17(25)20-13)14(21-22-23)16(24)19-8-12-2-1-7-26-12/h3-6,9,12H,1-2,7-8H2,(H,19,24)(H,20,25)/t12-/m0/s1. The van der Waals surface area contributed by atoms with E-state index in [0.29, 0.717) is 23.9 Å². The van der Waals surface area contributed by atoms with E-state index in [0.717, 1.165) is 18.4 Å². The number of hydrogen-bond acceptors (Lipinski definition) is 5. The molecule has 0 spiro atoms. The Labute approximate surface area is 153 Å².